The van der Waals surface area contributed by atoms with Crippen molar-refractivity contribution in [3.8, 4) is 0 Å². The summed E-state index contributed by atoms with van der Waals surface area (Å²) in [5.41, 5.74) is 1.98. The highest BCUT2D eigenvalue weighted by Gasteiger charge is 2.44. The van der Waals surface area contributed by atoms with E-state index in [1.807, 2.05) is 0 Å². The molecular weight excluding hydrogens is 218 g/mol. The second kappa shape index (κ2) is 5.44. The third-order valence-electron chi connectivity index (χ3n) is 4.84. The molecule has 1 aromatic carbocycles. The van der Waals surface area contributed by atoms with Crippen molar-refractivity contribution >= 4 is 0 Å². The molecule has 1 aliphatic carbocycles. The number of rotatable bonds is 4. The maximum atomic E-state index is 3.93. The molecule has 1 nitrogen and oxygen atoms in total. The second-order valence-electron chi connectivity index (χ2n) is 6.15. The van der Waals surface area contributed by atoms with Crippen LogP contribution in [0.25, 0.3) is 0 Å². The highest BCUT2D eigenvalue weighted by molar-refractivity contribution is 5.16. The van der Waals surface area contributed by atoms with Crippen molar-refractivity contribution in [2.24, 2.45) is 5.92 Å². The first-order valence-corrected chi connectivity index (χ1v) is 7.68. The number of hydrogen-bond acceptors (Lipinski definition) is 1. The molecule has 1 heteroatoms. The van der Waals surface area contributed by atoms with Crippen LogP contribution in [0.3, 0.4) is 0 Å². The van der Waals surface area contributed by atoms with E-state index in [2.05, 4.69) is 35.6 Å². The second-order valence-corrected chi connectivity index (χ2v) is 6.15. The predicted octanol–water partition coefficient (Wildman–Crippen LogP) is 3.93. The van der Waals surface area contributed by atoms with Gasteiger partial charge >= 0.3 is 0 Å². The SMILES string of the molecule is c1ccc(CCC2(C3CC3)CCCCCN2)cc1. The zero-order valence-electron chi connectivity index (χ0n) is 11.3. The van der Waals surface area contributed by atoms with Gasteiger partial charge in [-0.1, -0.05) is 43.2 Å². The summed E-state index contributed by atoms with van der Waals surface area (Å²) in [6, 6.07) is 11.0. The average molecular weight is 243 g/mol. The molecule has 18 heavy (non-hydrogen) atoms. The molecule has 1 saturated heterocycles. The van der Waals surface area contributed by atoms with Gasteiger partial charge in [-0.3, -0.25) is 0 Å². The summed E-state index contributed by atoms with van der Waals surface area (Å²) in [6.07, 6.45) is 11.1. The number of nitrogens with one attached hydrogen (secondary N) is 1. The van der Waals surface area contributed by atoms with Crippen LogP contribution < -0.4 is 5.32 Å². The lowest BCUT2D eigenvalue weighted by Gasteiger charge is -2.34. The maximum absolute atomic E-state index is 3.93. The van der Waals surface area contributed by atoms with Crippen LogP contribution in [0.5, 0.6) is 0 Å². The lowest BCUT2D eigenvalue weighted by molar-refractivity contribution is 0.253. The minimum absolute atomic E-state index is 0.479. The lowest BCUT2D eigenvalue weighted by Crippen LogP contribution is -2.47. The van der Waals surface area contributed by atoms with Crippen LogP contribution >= 0.6 is 0 Å². The standard InChI is InChI=1S/C17H25N/c1-3-7-15(8-4-1)11-13-17(16-9-10-16)12-5-2-6-14-18-17/h1,3-4,7-8,16,18H,2,5-6,9-14H2. The largest absolute Gasteiger partial charge is 0.311 e. The summed E-state index contributed by atoms with van der Waals surface area (Å²) < 4.78 is 0. The fraction of sp³-hybridized carbons (Fsp3) is 0.647. The third-order valence-corrected chi connectivity index (χ3v) is 4.84. The molecule has 1 aromatic rings. The fourth-order valence-corrected chi connectivity index (χ4v) is 3.58. The summed E-state index contributed by atoms with van der Waals surface area (Å²) in [7, 11) is 0. The minimum Gasteiger partial charge on any atom is -0.311 e. The van der Waals surface area contributed by atoms with Crippen LogP contribution in [0.4, 0.5) is 0 Å². The average Bonchev–Trinajstić information content (AvgIpc) is 3.25. The Morgan fingerprint density at radius 3 is 2.67 bits per heavy atom. The fourth-order valence-electron chi connectivity index (χ4n) is 3.58. The quantitative estimate of drug-likeness (QED) is 0.845. The Kier molecular flexibility index (Phi) is 3.69. The number of hydrogen-bond donors (Lipinski definition) is 1. The molecule has 1 atom stereocenters. The van der Waals surface area contributed by atoms with Gasteiger partial charge in [0.05, 0.1) is 0 Å². The van der Waals surface area contributed by atoms with Gasteiger partial charge < -0.3 is 5.32 Å². The van der Waals surface area contributed by atoms with Gasteiger partial charge in [0.25, 0.3) is 0 Å². The van der Waals surface area contributed by atoms with Crippen molar-refractivity contribution < 1.29 is 0 Å². The van der Waals surface area contributed by atoms with E-state index in [1.54, 1.807) is 0 Å². The van der Waals surface area contributed by atoms with Crippen LogP contribution in [0, 0.1) is 5.92 Å². The van der Waals surface area contributed by atoms with E-state index in [4.69, 9.17) is 0 Å². The molecule has 0 amide bonds. The molecule has 0 radical (unpaired) electrons. The van der Waals surface area contributed by atoms with Crippen LogP contribution in [0.2, 0.25) is 0 Å². The Morgan fingerprint density at radius 1 is 1.06 bits per heavy atom. The molecule has 1 unspecified atom stereocenters. The first kappa shape index (κ1) is 12.2. The maximum Gasteiger partial charge on any atom is 0.0212 e. The van der Waals surface area contributed by atoms with Crippen molar-refractivity contribution in [1.82, 2.24) is 5.32 Å². The molecular formula is C17H25N. The highest BCUT2D eigenvalue weighted by Crippen LogP contribution is 2.45. The molecule has 98 valence electrons. The van der Waals surface area contributed by atoms with E-state index < -0.39 is 0 Å². The first-order chi connectivity index (χ1) is 8.89. The van der Waals surface area contributed by atoms with Gasteiger partial charge in [-0.25, -0.2) is 0 Å². The van der Waals surface area contributed by atoms with E-state index in [9.17, 15) is 0 Å². The van der Waals surface area contributed by atoms with Crippen LogP contribution in [0.15, 0.2) is 30.3 Å². The van der Waals surface area contributed by atoms with Crippen molar-refractivity contribution in [2.45, 2.75) is 56.9 Å². The molecule has 2 aliphatic rings. The molecule has 1 heterocycles. The molecule has 0 bridgehead atoms. The van der Waals surface area contributed by atoms with Crippen LogP contribution in [-0.2, 0) is 6.42 Å². The molecule has 1 aliphatic heterocycles. The van der Waals surface area contributed by atoms with Gasteiger partial charge in [-0.05, 0) is 56.6 Å². The Morgan fingerprint density at radius 2 is 1.89 bits per heavy atom. The van der Waals surface area contributed by atoms with Gasteiger partial charge in [0.2, 0.25) is 0 Å². The zero-order valence-corrected chi connectivity index (χ0v) is 11.3. The van der Waals surface area contributed by atoms with E-state index in [-0.39, 0.29) is 0 Å². The predicted molar refractivity (Wildman–Crippen MR) is 76.7 cm³/mol. The normalized spacial score (nSPS) is 28.9. The highest BCUT2D eigenvalue weighted by atomic mass is 15.0. The van der Waals surface area contributed by atoms with Gasteiger partial charge in [-0.2, -0.15) is 0 Å². The number of benzene rings is 1. The lowest BCUT2D eigenvalue weighted by atomic mass is 9.82. The molecule has 0 aromatic heterocycles. The van der Waals surface area contributed by atoms with Gasteiger partial charge in [0.1, 0.15) is 0 Å². The van der Waals surface area contributed by atoms with E-state index >= 15 is 0 Å². The van der Waals surface area contributed by atoms with Crippen molar-refractivity contribution in [1.29, 1.82) is 0 Å². The Hall–Kier alpha value is -0.820. The van der Waals surface area contributed by atoms with Gasteiger partial charge in [0.15, 0.2) is 0 Å². The smallest absolute Gasteiger partial charge is 0.0212 e. The van der Waals surface area contributed by atoms with E-state index in [1.165, 1.54) is 63.5 Å². The molecule has 3 rings (SSSR count). The van der Waals surface area contributed by atoms with Gasteiger partial charge in [-0.15, -0.1) is 0 Å². The first-order valence-electron chi connectivity index (χ1n) is 7.68. The van der Waals surface area contributed by atoms with Crippen LogP contribution in [-0.4, -0.2) is 12.1 Å². The van der Waals surface area contributed by atoms with Crippen molar-refractivity contribution in [2.75, 3.05) is 6.54 Å². The molecule has 0 spiro atoms. The topological polar surface area (TPSA) is 12.0 Å². The Bertz CT molecular complexity index is 358. The van der Waals surface area contributed by atoms with E-state index in [0.29, 0.717) is 5.54 Å². The van der Waals surface area contributed by atoms with Gasteiger partial charge in [0, 0.05) is 5.54 Å². The molecule has 2 fully saturated rings. The van der Waals surface area contributed by atoms with Crippen molar-refractivity contribution in [3.63, 3.8) is 0 Å². The number of aryl methyl sites for hydroxylation is 1. The minimum atomic E-state index is 0.479. The monoisotopic (exact) mass is 243 g/mol. The van der Waals surface area contributed by atoms with Crippen LogP contribution in [0.1, 0.15) is 50.5 Å². The summed E-state index contributed by atoms with van der Waals surface area (Å²) in [5.74, 6) is 0.972. The summed E-state index contributed by atoms with van der Waals surface area (Å²) in [6.45, 7) is 1.24. The molecule has 1 saturated carbocycles. The van der Waals surface area contributed by atoms with Crippen molar-refractivity contribution in [3.05, 3.63) is 35.9 Å². The van der Waals surface area contributed by atoms with E-state index in [0.717, 1.165) is 5.92 Å². The summed E-state index contributed by atoms with van der Waals surface area (Å²) in [5, 5.41) is 3.93. The Balaban J connectivity index is 1.66. The molecule has 1 N–H and O–H groups in total. The summed E-state index contributed by atoms with van der Waals surface area (Å²) in [4.78, 5) is 0. The Labute approximate surface area is 111 Å². The third kappa shape index (κ3) is 2.77. The zero-order chi connectivity index (χ0) is 12.3. The summed E-state index contributed by atoms with van der Waals surface area (Å²) >= 11 is 0.